The van der Waals surface area contributed by atoms with Crippen LogP contribution in [0.5, 0.6) is 0 Å². The lowest BCUT2D eigenvalue weighted by atomic mass is 10.0. The van der Waals surface area contributed by atoms with Crippen LogP contribution in [0.2, 0.25) is 0 Å². The first-order valence-corrected chi connectivity index (χ1v) is 4.43. The fraction of sp³-hybridized carbons (Fsp3) is 0.444. The molecule has 0 atom stereocenters. The van der Waals surface area contributed by atoms with E-state index in [2.05, 4.69) is 14.9 Å². The molecule has 0 fully saturated rings. The van der Waals surface area contributed by atoms with Crippen molar-refractivity contribution in [2.24, 2.45) is 0 Å². The summed E-state index contributed by atoms with van der Waals surface area (Å²) in [6.07, 6.45) is 2.13. The van der Waals surface area contributed by atoms with Crippen molar-refractivity contribution in [2.75, 3.05) is 13.6 Å². The molecule has 0 aromatic carbocycles. The molecule has 0 amide bonds. The number of hydrogen-bond acceptors (Lipinski definition) is 4. The predicted octanol–water partition coefficient (Wildman–Crippen LogP) is 0.163. The van der Waals surface area contributed by atoms with E-state index in [9.17, 15) is 4.79 Å². The van der Waals surface area contributed by atoms with E-state index in [4.69, 9.17) is 5.11 Å². The quantitative estimate of drug-likeness (QED) is 0.688. The molecule has 0 aliphatic carbocycles. The topological polar surface area (TPSA) is 66.3 Å². The van der Waals surface area contributed by atoms with Gasteiger partial charge in [0.15, 0.2) is 5.69 Å². The maximum absolute atomic E-state index is 10.9. The van der Waals surface area contributed by atoms with Crippen molar-refractivity contribution in [3.05, 3.63) is 23.3 Å². The lowest BCUT2D eigenvalue weighted by molar-refractivity contribution is 0.0687. The van der Waals surface area contributed by atoms with Gasteiger partial charge in [0.2, 0.25) is 0 Å². The third kappa shape index (κ3) is 1.46. The van der Waals surface area contributed by atoms with Crippen molar-refractivity contribution in [2.45, 2.75) is 13.0 Å². The number of fused-ring (bicyclic) bond motifs is 1. The maximum atomic E-state index is 10.9. The molecule has 2 heterocycles. The molecule has 0 bridgehead atoms. The van der Waals surface area contributed by atoms with Gasteiger partial charge in [-0.25, -0.2) is 14.8 Å². The third-order valence-corrected chi connectivity index (χ3v) is 2.40. The molecule has 1 aliphatic heterocycles. The Bertz CT molecular complexity index is 378. The molecule has 74 valence electrons. The van der Waals surface area contributed by atoms with Crippen molar-refractivity contribution < 1.29 is 9.90 Å². The summed E-state index contributed by atoms with van der Waals surface area (Å²) in [5.74, 6) is -0.973. The summed E-state index contributed by atoms with van der Waals surface area (Å²) in [4.78, 5) is 20.8. The minimum atomic E-state index is -0.973. The molecule has 1 aliphatic rings. The lowest BCUT2D eigenvalue weighted by Gasteiger charge is -2.24. The van der Waals surface area contributed by atoms with Gasteiger partial charge >= 0.3 is 5.97 Å². The number of hydrogen-bond donors (Lipinski definition) is 1. The van der Waals surface area contributed by atoms with Gasteiger partial charge in [-0.3, -0.25) is 0 Å². The first-order valence-electron chi connectivity index (χ1n) is 4.43. The second-order valence-corrected chi connectivity index (χ2v) is 3.44. The van der Waals surface area contributed by atoms with E-state index in [1.54, 1.807) is 0 Å². The van der Waals surface area contributed by atoms with Crippen LogP contribution in [0.3, 0.4) is 0 Å². The van der Waals surface area contributed by atoms with Gasteiger partial charge in [-0.15, -0.1) is 0 Å². The molecule has 5 heteroatoms. The first-order chi connectivity index (χ1) is 6.68. The molecule has 0 spiro atoms. The molecule has 2 rings (SSSR count). The van der Waals surface area contributed by atoms with E-state index in [1.807, 2.05) is 7.05 Å². The van der Waals surface area contributed by atoms with Crippen molar-refractivity contribution in [3.63, 3.8) is 0 Å². The second kappa shape index (κ2) is 3.34. The zero-order valence-electron chi connectivity index (χ0n) is 7.90. The largest absolute Gasteiger partial charge is 0.476 e. The Kier molecular flexibility index (Phi) is 2.17. The minimum absolute atomic E-state index is 0.140. The Labute approximate surface area is 81.4 Å². The van der Waals surface area contributed by atoms with E-state index in [0.29, 0.717) is 6.54 Å². The SMILES string of the molecule is CN1CCc2ncnc(C(=O)O)c2C1. The van der Waals surface area contributed by atoms with Gasteiger partial charge < -0.3 is 10.0 Å². The number of carbonyl (C=O) groups is 1. The van der Waals surface area contributed by atoms with Gasteiger partial charge in [0, 0.05) is 25.1 Å². The highest BCUT2D eigenvalue weighted by molar-refractivity contribution is 5.87. The normalized spacial score (nSPS) is 16.4. The van der Waals surface area contributed by atoms with Crippen LogP contribution in [-0.4, -0.2) is 39.5 Å². The number of nitrogens with zero attached hydrogens (tertiary/aromatic N) is 3. The van der Waals surface area contributed by atoms with Gasteiger partial charge in [-0.2, -0.15) is 0 Å². The Morgan fingerprint density at radius 3 is 3.07 bits per heavy atom. The van der Waals surface area contributed by atoms with E-state index >= 15 is 0 Å². The van der Waals surface area contributed by atoms with Gasteiger partial charge in [0.25, 0.3) is 0 Å². The molecule has 0 unspecified atom stereocenters. The van der Waals surface area contributed by atoms with E-state index in [0.717, 1.165) is 24.2 Å². The summed E-state index contributed by atoms with van der Waals surface area (Å²) >= 11 is 0. The number of likely N-dealkylation sites (N-methyl/N-ethyl adjacent to an activating group) is 1. The Hall–Kier alpha value is -1.49. The number of aromatic carboxylic acids is 1. The van der Waals surface area contributed by atoms with Crippen molar-refractivity contribution in [3.8, 4) is 0 Å². The van der Waals surface area contributed by atoms with Gasteiger partial charge in [0.1, 0.15) is 6.33 Å². The van der Waals surface area contributed by atoms with Gasteiger partial charge in [-0.1, -0.05) is 0 Å². The van der Waals surface area contributed by atoms with Crippen LogP contribution in [0.25, 0.3) is 0 Å². The molecular formula is C9H11N3O2. The van der Waals surface area contributed by atoms with Crippen molar-refractivity contribution in [1.29, 1.82) is 0 Å². The highest BCUT2D eigenvalue weighted by Gasteiger charge is 2.21. The molecule has 1 aromatic rings. The standard InChI is InChI=1S/C9H11N3O2/c1-12-3-2-7-6(4-12)8(9(13)14)11-5-10-7/h5H,2-4H2,1H3,(H,13,14). The van der Waals surface area contributed by atoms with Crippen molar-refractivity contribution >= 4 is 5.97 Å². The first kappa shape index (κ1) is 9.08. The van der Waals surface area contributed by atoms with Crippen LogP contribution >= 0.6 is 0 Å². The van der Waals surface area contributed by atoms with E-state index in [-0.39, 0.29) is 5.69 Å². The fourth-order valence-corrected chi connectivity index (χ4v) is 1.66. The molecule has 14 heavy (non-hydrogen) atoms. The third-order valence-electron chi connectivity index (χ3n) is 2.40. The average Bonchev–Trinajstić information content (AvgIpc) is 2.16. The van der Waals surface area contributed by atoms with E-state index in [1.165, 1.54) is 6.33 Å². The highest BCUT2D eigenvalue weighted by atomic mass is 16.4. The zero-order chi connectivity index (χ0) is 10.1. The molecule has 0 radical (unpaired) electrons. The summed E-state index contributed by atoms with van der Waals surface area (Å²) in [7, 11) is 1.96. The number of aromatic nitrogens is 2. The molecule has 5 nitrogen and oxygen atoms in total. The molecule has 0 saturated heterocycles. The summed E-state index contributed by atoms with van der Waals surface area (Å²) in [5, 5.41) is 8.92. The number of carboxylic acid groups (broad SMARTS) is 1. The second-order valence-electron chi connectivity index (χ2n) is 3.44. The summed E-state index contributed by atoms with van der Waals surface area (Å²) in [6, 6.07) is 0. The zero-order valence-corrected chi connectivity index (χ0v) is 7.90. The summed E-state index contributed by atoms with van der Waals surface area (Å²) in [6.45, 7) is 1.54. The average molecular weight is 193 g/mol. The van der Waals surface area contributed by atoms with Gasteiger partial charge in [-0.05, 0) is 7.05 Å². The van der Waals surface area contributed by atoms with Crippen LogP contribution in [0.15, 0.2) is 6.33 Å². The molecule has 1 aromatic heterocycles. The van der Waals surface area contributed by atoms with Crippen molar-refractivity contribution in [1.82, 2.24) is 14.9 Å². The Morgan fingerprint density at radius 1 is 1.57 bits per heavy atom. The summed E-state index contributed by atoms with van der Waals surface area (Å²) in [5.41, 5.74) is 1.77. The number of rotatable bonds is 1. The number of carboxylic acids is 1. The van der Waals surface area contributed by atoms with E-state index < -0.39 is 5.97 Å². The smallest absolute Gasteiger partial charge is 0.354 e. The Balaban J connectivity index is 2.48. The van der Waals surface area contributed by atoms with Gasteiger partial charge in [0.05, 0.1) is 5.69 Å². The van der Waals surface area contributed by atoms with Crippen LogP contribution in [-0.2, 0) is 13.0 Å². The van der Waals surface area contributed by atoms with Crippen LogP contribution in [0.1, 0.15) is 21.7 Å². The van der Waals surface area contributed by atoms with Crippen LogP contribution < -0.4 is 0 Å². The predicted molar refractivity (Wildman–Crippen MR) is 49.0 cm³/mol. The molecule has 0 saturated carbocycles. The highest BCUT2D eigenvalue weighted by Crippen LogP contribution is 2.17. The molecular weight excluding hydrogens is 182 g/mol. The maximum Gasteiger partial charge on any atom is 0.354 e. The Morgan fingerprint density at radius 2 is 2.36 bits per heavy atom. The lowest BCUT2D eigenvalue weighted by Crippen LogP contribution is -2.29. The minimum Gasteiger partial charge on any atom is -0.476 e. The van der Waals surface area contributed by atoms with Crippen LogP contribution in [0.4, 0.5) is 0 Å². The fourth-order valence-electron chi connectivity index (χ4n) is 1.66. The monoisotopic (exact) mass is 193 g/mol. The molecule has 1 N–H and O–H groups in total. The van der Waals surface area contributed by atoms with Crippen LogP contribution in [0, 0.1) is 0 Å². The summed E-state index contributed by atoms with van der Waals surface area (Å²) < 4.78 is 0.